The number of halogens is 3. The monoisotopic (exact) mass is 354 g/mol. The van der Waals surface area contributed by atoms with Crippen molar-refractivity contribution in [3.8, 4) is 5.75 Å². The van der Waals surface area contributed by atoms with E-state index in [1.807, 2.05) is 0 Å². The third kappa shape index (κ3) is 4.50. The van der Waals surface area contributed by atoms with Gasteiger partial charge in [-0.2, -0.15) is 0 Å². The number of nitrogens with zero attached hydrogens (tertiary/aromatic N) is 4. The quantitative estimate of drug-likeness (QED) is 0.844. The first-order valence-corrected chi connectivity index (χ1v) is 8.31. The molecule has 2 heterocycles. The Morgan fingerprint density at radius 3 is 2.44 bits per heavy atom. The normalized spacial score (nSPS) is 15.9. The summed E-state index contributed by atoms with van der Waals surface area (Å²) in [6, 6.07) is 6.05. The van der Waals surface area contributed by atoms with E-state index in [0.717, 1.165) is 43.3 Å². The molecule has 5 nitrogen and oxygen atoms in total. The lowest BCUT2D eigenvalue weighted by Gasteiger charge is -2.20. The molecule has 1 aromatic heterocycles. The summed E-state index contributed by atoms with van der Waals surface area (Å²) in [5, 5.41) is 8.56. The summed E-state index contributed by atoms with van der Waals surface area (Å²) >= 11 is 0. The molecule has 0 fully saturated rings. The minimum absolute atomic E-state index is 0.195. The van der Waals surface area contributed by atoms with Gasteiger partial charge in [0.15, 0.2) is 0 Å². The van der Waals surface area contributed by atoms with E-state index in [0.29, 0.717) is 12.5 Å². The van der Waals surface area contributed by atoms with E-state index in [9.17, 15) is 13.2 Å². The van der Waals surface area contributed by atoms with Crippen LogP contribution < -0.4 is 4.74 Å². The molecule has 1 aliphatic heterocycles. The summed E-state index contributed by atoms with van der Waals surface area (Å²) in [5.74, 6) is 2.14. The molecule has 0 saturated heterocycles. The molecule has 0 atom stereocenters. The Hall–Kier alpha value is -2.09. The van der Waals surface area contributed by atoms with Gasteiger partial charge in [-0.3, -0.25) is 4.90 Å². The van der Waals surface area contributed by atoms with Crippen LogP contribution in [0.5, 0.6) is 5.75 Å². The second-order valence-electron chi connectivity index (χ2n) is 6.50. The van der Waals surface area contributed by atoms with Crippen LogP contribution in [0.3, 0.4) is 0 Å². The van der Waals surface area contributed by atoms with E-state index in [-0.39, 0.29) is 5.75 Å². The van der Waals surface area contributed by atoms with Crippen molar-refractivity contribution in [2.75, 3.05) is 13.1 Å². The molecule has 1 aliphatic rings. The molecule has 0 unspecified atom stereocenters. The Kier molecular flexibility index (Phi) is 4.99. The van der Waals surface area contributed by atoms with Gasteiger partial charge in [0, 0.05) is 38.5 Å². The summed E-state index contributed by atoms with van der Waals surface area (Å²) in [6.45, 7) is 7.41. The number of alkyl halides is 3. The standard InChI is InChI=1S/C17H21F3N4O/c1-12(2)16-22-21-15-7-8-23(9-10-24(15)16)11-13-3-5-14(6-4-13)25-17(18,19)20/h3-6,12H,7-11H2,1-2H3. The maximum Gasteiger partial charge on any atom is 0.573 e. The molecule has 0 saturated carbocycles. The highest BCUT2D eigenvalue weighted by Gasteiger charge is 2.31. The average molecular weight is 354 g/mol. The number of hydrogen-bond donors (Lipinski definition) is 0. The number of aromatic nitrogens is 3. The summed E-state index contributed by atoms with van der Waals surface area (Å²) in [6.07, 6.45) is -3.84. The highest BCUT2D eigenvalue weighted by molar-refractivity contribution is 5.27. The van der Waals surface area contributed by atoms with Gasteiger partial charge in [0.05, 0.1) is 0 Å². The van der Waals surface area contributed by atoms with E-state index in [2.05, 4.69) is 38.2 Å². The summed E-state index contributed by atoms with van der Waals surface area (Å²) in [7, 11) is 0. The second-order valence-corrected chi connectivity index (χ2v) is 6.50. The molecule has 0 N–H and O–H groups in total. The zero-order chi connectivity index (χ0) is 18.0. The first kappa shape index (κ1) is 17.7. The van der Waals surface area contributed by atoms with Crippen molar-refractivity contribution in [3.05, 3.63) is 41.5 Å². The van der Waals surface area contributed by atoms with Crippen molar-refractivity contribution < 1.29 is 17.9 Å². The highest BCUT2D eigenvalue weighted by Crippen LogP contribution is 2.23. The van der Waals surface area contributed by atoms with Crippen LogP contribution in [0.2, 0.25) is 0 Å². The van der Waals surface area contributed by atoms with Crippen molar-refractivity contribution in [1.29, 1.82) is 0 Å². The Bertz CT molecular complexity index is 710. The fraction of sp³-hybridized carbons (Fsp3) is 0.529. The van der Waals surface area contributed by atoms with E-state index in [4.69, 9.17) is 0 Å². The van der Waals surface area contributed by atoms with Gasteiger partial charge in [-0.15, -0.1) is 23.4 Å². The molecule has 8 heteroatoms. The van der Waals surface area contributed by atoms with Crippen LogP contribution in [0, 0.1) is 0 Å². The Balaban J connectivity index is 1.61. The minimum Gasteiger partial charge on any atom is -0.406 e. The van der Waals surface area contributed by atoms with Gasteiger partial charge < -0.3 is 9.30 Å². The topological polar surface area (TPSA) is 43.2 Å². The van der Waals surface area contributed by atoms with E-state index in [1.165, 1.54) is 12.1 Å². The van der Waals surface area contributed by atoms with Crippen molar-refractivity contribution in [2.24, 2.45) is 0 Å². The minimum atomic E-state index is -4.66. The number of hydrogen-bond acceptors (Lipinski definition) is 4. The van der Waals surface area contributed by atoms with Gasteiger partial charge >= 0.3 is 6.36 Å². The Morgan fingerprint density at radius 2 is 1.80 bits per heavy atom. The zero-order valence-electron chi connectivity index (χ0n) is 14.3. The van der Waals surface area contributed by atoms with E-state index >= 15 is 0 Å². The van der Waals surface area contributed by atoms with Crippen LogP contribution in [0.15, 0.2) is 24.3 Å². The number of benzene rings is 1. The summed E-state index contributed by atoms with van der Waals surface area (Å²) in [5.41, 5.74) is 0.955. The van der Waals surface area contributed by atoms with Crippen molar-refractivity contribution in [3.63, 3.8) is 0 Å². The largest absolute Gasteiger partial charge is 0.573 e. The number of ether oxygens (including phenoxy) is 1. The van der Waals surface area contributed by atoms with Crippen molar-refractivity contribution in [1.82, 2.24) is 19.7 Å². The van der Waals surface area contributed by atoms with Gasteiger partial charge in [0.2, 0.25) is 0 Å². The molecule has 0 spiro atoms. The maximum absolute atomic E-state index is 12.2. The maximum atomic E-state index is 12.2. The SMILES string of the molecule is CC(C)c1nnc2n1CCN(Cc1ccc(OC(F)(F)F)cc1)CC2. The summed E-state index contributed by atoms with van der Waals surface area (Å²) in [4.78, 5) is 2.28. The predicted molar refractivity (Wildman–Crippen MR) is 86.2 cm³/mol. The van der Waals surface area contributed by atoms with E-state index < -0.39 is 6.36 Å². The molecular weight excluding hydrogens is 333 g/mol. The van der Waals surface area contributed by atoms with Crippen molar-refractivity contribution in [2.45, 2.75) is 45.6 Å². The van der Waals surface area contributed by atoms with Gasteiger partial charge in [-0.05, 0) is 17.7 Å². The number of rotatable bonds is 4. The molecular formula is C17H21F3N4O. The van der Waals surface area contributed by atoms with Crippen LogP contribution in [0.25, 0.3) is 0 Å². The molecule has 1 aromatic carbocycles. The molecule has 0 aliphatic carbocycles. The molecule has 25 heavy (non-hydrogen) atoms. The molecule has 0 radical (unpaired) electrons. The summed E-state index contributed by atoms with van der Waals surface area (Å²) < 4.78 is 42.7. The van der Waals surface area contributed by atoms with Gasteiger partial charge in [-0.1, -0.05) is 26.0 Å². The zero-order valence-corrected chi connectivity index (χ0v) is 14.3. The van der Waals surface area contributed by atoms with Crippen LogP contribution in [0.1, 0.15) is 37.0 Å². The molecule has 0 amide bonds. The molecule has 0 bridgehead atoms. The van der Waals surface area contributed by atoms with Crippen molar-refractivity contribution >= 4 is 0 Å². The van der Waals surface area contributed by atoms with Gasteiger partial charge in [-0.25, -0.2) is 0 Å². The highest BCUT2D eigenvalue weighted by atomic mass is 19.4. The van der Waals surface area contributed by atoms with Gasteiger partial charge in [0.1, 0.15) is 17.4 Å². The lowest BCUT2D eigenvalue weighted by molar-refractivity contribution is -0.274. The lowest BCUT2D eigenvalue weighted by Crippen LogP contribution is -2.26. The van der Waals surface area contributed by atoms with Crippen LogP contribution in [0.4, 0.5) is 13.2 Å². The molecule has 3 rings (SSSR count). The lowest BCUT2D eigenvalue weighted by atomic mass is 10.2. The number of fused-ring (bicyclic) bond motifs is 1. The first-order valence-electron chi connectivity index (χ1n) is 8.31. The van der Waals surface area contributed by atoms with Crippen LogP contribution in [-0.2, 0) is 19.5 Å². The average Bonchev–Trinajstić information content (AvgIpc) is 2.84. The van der Waals surface area contributed by atoms with Crippen LogP contribution >= 0.6 is 0 Å². The molecule has 2 aromatic rings. The second kappa shape index (κ2) is 7.03. The Morgan fingerprint density at radius 1 is 1.08 bits per heavy atom. The predicted octanol–water partition coefficient (Wildman–Crippen LogP) is 3.36. The fourth-order valence-electron chi connectivity index (χ4n) is 3.03. The van der Waals surface area contributed by atoms with E-state index in [1.54, 1.807) is 12.1 Å². The Labute approximate surface area is 144 Å². The van der Waals surface area contributed by atoms with Gasteiger partial charge in [0.25, 0.3) is 0 Å². The third-order valence-corrected chi connectivity index (χ3v) is 4.23. The first-order chi connectivity index (χ1) is 11.8. The fourth-order valence-corrected chi connectivity index (χ4v) is 3.03. The third-order valence-electron chi connectivity index (χ3n) is 4.23. The van der Waals surface area contributed by atoms with Crippen LogP contribution in [-0.4, -0.2) is 39.1 Å². The molecule has 136 valence electrons. The smallest absolute Gasteiger partial charge is 0.406 e.